The van der Waals surface area contributed by atoms with Crippen LogP contribution in [0.5, 0.6) is 0 Å². The minimum atomic E-state index is -0.401. The average molecular weight is 709 g/mol. The summed E-state index contributed by atoms with van der Waals surface area (Å²) in [6, 6.07) is 53.6. The summed E-state index contributed by atoms with van der Waals surface area (Å²) in [5.41, 5.74) is 13.3. The Morgan fingerprint density at radius 2 is 1.15 bits per heavy atom. The van der Waals surface area contributed by atoms with Gasteiger partial charge in [-0.15, -0.1) is 0 Å². The largest absolute Gasteiger partial charge is 0.256 e. The Morgan fingerprint density at radius 1 is 0.481 bits per heavy atom. The Labute approximate surface area is 318 Å². The molecule has 5 heteroatoms. The van der Waals surface area contributed by atoms with Gasteiger partial charge in [0.1, 0.15) is 6.33 Å². The van der Waals surface area contributed by atoms with E-state index >= 15 is 0 Å². The number of thioether (sulfide) groups is 1. The molecular formula is C49H32N4S. The van der Waals surface area contributed by atoms with Crippen molar-refractivity contribution in [2.75, 3.05) is 0 Å². The molecule has 0 saturated carbocycles. The van der Waals surface area contributed by atoms with Crippen molar-refractivity contribution in [3.8, 4) is 45.0 Å². The molecule has 1 aliphatic carbocycles. The van der Waals surface area contributed by atoms with Crippen molar-refractivity contribution >= 4 is 28.2 Å². The summed E-state index contributed by atoms with van der Waals surface area (Å²) in [5, 5.41) is 3.36. The molecule has 6 aromatic carbocycles. The van der Waals surface area contributed by atoms with Crippen molar-refractivity contribution in [2.24, 2.45) is 0 Å². The molecule has 8 aromatic rings. The SMILES string of the molecule is C1=C/C(c2ccc(-c3cccc(-c4ncnc(-c5ccccc5)n4)c3)c3cccnc23)=C/Sc2ccccc2C2(C=C1)c1ccccc1-c1ccccc12. The van der Waals surface area contributed by atoms with Crippen LogP contribution in [-0.2, 0) is 5.41 Å². The van der Waals surface area contributed by atoms with Crippen molar-refractivity contribution in [2.45, 2.75) is 10.3 Å². The summed E-state index contributed by atoms with van der Waals surface area (Å²) in [7, 11) is 0. The molecule has 0 atom stereocenters. The predicted molar refractivity (Wildman–Crippen MR) is 222 cm³/mol. The van der Waals surface area contributed by atoms with Crippen molar-refractivity contribution in [3.05, 3.63) is 216 Å². The molecule has 254 valence electrons. The van der Waals surface area contributed by atoms with Crippen LogP contribution in [0, 0.1) is 0 Å². The lowest BCUT2D eigenvalue weighted by molar-refractivity contribution is 0.783. The number of allylic oxidation sites excluding steroid dienone is 5. The van der Waals surface area contributed by atoms with E-state index < -0.39 is 5.41 Å². The molecule has 10 rings (SSSR count). The number of benzene rings is 6. The Bertz CT molecular complexity index is 2770. The van der Waals surface area contributed by atoms with Crippen LogP contribution < -0.4 is 0 Å². The van der Waals surface area contributed by atoms with Gasteiger partial charge in [0.15, 0.2) is 11.6 Å². The number of fused-ring (bicyclic) bond motifs is 8. The highest BCUT2D eigenvalue weighted by molar-refractivity contribution is 8.02. The first-order valence-corrected chi connectivity index (χ1v) is 18.9. The first-order chi connectivity index (χ1) is 26.8. The van der Waals surface area contributed by atoms with Crippen LogP contribution in [0.25, 0.3) is 61.5 Å². The Hall–Kier alpha value is -6.69. The molecule has 0 saturated heterocycles. The lowest BCUT2D eigenvalue weighted by Crippen LogP contribution is -2.25. The summed E-state index contributed by atoms with van der Waals surface area (Å²) < 4.78 is 0. The summed E-state index contributed by atoms with van der Waals surface area (Å²) in [6.45, 7) is 0. The number of rotatable bonds is 4. The third-order valence-electron chi connectivity index (χ3n) is 10.5. The van der Waals surface area contributed by atoms with E-state index in [0.717, 1.165) is 44.3 Å². The van der Waals surface area contributed by atoms with Crippen LogP contribution in [-0.4, -0.2) is 19.9 Å². The lowest BCUT2D eigenvalue weighted by atomic mass is 9.72. The van der Waals surface area contributed by atoms with E-state index in [1.807, 2.05) is 48.7 Å². The minimum Gasteiger partial charge on any atom is -0.256 e. The topological polar surface area (TPSA) is 51.6 Å². The van der Waals surface area contributed by atoms with Crippen LogP contribution >= 0.6 is 11.8 Å². The molecule has 0 fully saturated rings. The lowest BCUT2D eigenvalue weighted by Gasteiger charge is -2.31. The second-order valence-corrected chi connectivity index (χ2v) is 14.4. The minimum absolute atomic E-state index is 0.401. The molecule has 0 radical (unpaired) electrons. The molecule has 2 aromatic heterocycles. The van der Waals surface area contributed by atoms with Crippen molar-refractivity contribution in [3.63, 3.8) is 0 Å². The number of pyridine rings is 1. The average Bonchev–Trinajstić information content (AvgIpc) is 3.53. The van der Waals surface area contributed by atoms with Gasteiger partial charge in [-0.3, -0.25) is 4.98 Å². The van der Waals surface area contributed by atoms with Crippen molar-refractivity contribution < 1.29 is 0 Å². The number of nitrogens with zero attached hydrogens (tertiary/aromatic N) is 4. The molecular weight excluding hydrogens is 677 g/mol. The summed E-state index contributed by atoms with van der Waals surface area (Å²) in [4.78, 5) is 20.0. The Balaban J connectivity index is 1.06. The van der Waals surface area contributed by atoms with E-state index in [9.17, 15) is 0 Å². The zero-order valence-corrected chi connectivity index (χ0v) is 30.0. The molecule has 2 aliphatic rings. The van der Waals surface area contributed by atoms with Gasteiger partial charge < -0.3 is 0 Å². The summed E-state index contributed by atoms with van der Waals surface area (Å²) in [6.07, 6.45) is 12.5. The number of aromatic nitrogens is 4. The van der Waals surface area contributed by atoms with Gasteiger partial charge in [-0.05, 0) is 68.1 Å². The molecule has 0 N–H and O–H groups in total. The second-order valence-electron chi connectivity index (χ2n) is 13.4. The van der Waals surface area contributed by atoms with E-state index in [-0.39, 0.29) is 0 Å². The van der Waals surface area contributed by atoms with Gasteiger partial charge in [-0.1, -0.05) is 170 Å². The van der Waals surface area contributed by atoms with Crippen LogP contribution in [0.4, 0.5) is 0 Å². The van der Waals surface area contributed by atoms with Crippen LogP contribution in [0.15, 0.2) is 199 Å². The monoisotopic (exact) mass is 708 g/mol. The van der Waals surface area contributed by atoms with Crippen molar-refractivity contribution in [1.82, 2.24) is 19.9 Å². The number of hydrogen-bond donors (Lipinski definition) is 0. The van der Waals surface area contributed by atoms with E-state index in [1.165, 1.54) is 32.7 Å². The molecule has 3 heterocycles. The zero-order chi connectivity index (χ0) is 35.9. The third kappa shape index (κ3) is 5.32. The first-order valence-electron chi connectivity index (χ1n) is 18.0. The quantitative estimate of drug-likeness (QED) is 0.182. The fourth-order valence-corrected chi connectivity index (χ4v) is 9.02. The Morgan fingerprint density at radius 3 is 1.96 bits per heavy atom. The fourth-order valence-electron chi connectivity index (χ4n) is 8.05. The molecule has 1 aliphatic heterocycles. The van der Waals surface area contributed by atoms with Gasteiger partial charge in [0.05, 0.1) is 10.9 Å². The second kappa shape index (κ2) is 13.4. The molecule has 54 heavy (non-hydrogen) atoms. The van der Waals surface area contributed by atoms with Gasteiger partial charge in [-0.2, -0.15) is 0 Å². The van der Waals surface area contributed by atoms with E-state index in [1.54, 1.807) is 18.1 Å². The maximum Gasteiger partial charge on any atom is 0.163 e. The predicted octanol–water partition coefficient (Wildman–Crippen LogP) is 12.0. The van der Waals surface area contributed by atoms with Crippen LogP contribution in [0.1, 0.15) is 22.3 Å². The third-order valence-corrected chi connectivity index (χ3v) is 11.4. The highest BCUT2D eigenvalue weighted by Gasteiger charge is 2.43. The van der Waals surface area contributed by atoms with Crippen LogP contribution in [0.3, 0.4) is 0 Å². The molecule has 0 unspecified atom stereocenters. The van der Waals surface area contributed by atoms with Gasteiger partial charge in [0.25, 0.3) is 0 Å². The molecule has 0 bridgehead atoms. The number of hydrogen-bond acceptors (Lipinski definition) is 5. The molecule has 0 amide bonds. The zero-order valence-electron chi connectivity index (χ0n) is 29.2. The van der Waals surface area contributed by atoms with Crippen LogP contribution in [0.2, 0.25) is 0 Å². The Kier molecular flexibility index (Phi) is 7.93. The maximum atomic E-state index is 4.98. The fraction of sp³-hybridized carbons (Fsp3) is 0.0204. The van der Waals surface area contributed by atoms with E-state index in [2.05, 4.69) is 149 Å². The van der Waals surface area contributed by atoms with E-state index in [0.29, 0.717) is 11.6 Å². The molecule has 1 spiro atoms. The molecule has 4 nitrogen and oxygen atoms in total. The normalized spacial score (nSPS) is 14.9. The highest BCUT2D eigenvalue weighted by atomic mass is 32.2. The van der Waals surface area contributed by atoms with Gasteiger partial charge in [-0.25, -0.2) is 15.0 Å². The van der Waals surface area contributed by atoms with Gasteiger partial charge >= 0.3 is 0 Å². The smallest absolute Gasteiger partial charge is 0.163 e. The standard InChI is InChI=1S/C49H32N4S/c1-2-14-33(15-3-1)47-51-32-52-48(53-47)35-18-12-17-34(30-35)37-26-27-38(46-41(37)21-13-29-50-46)36-16-10-11-28-49(44-24-8-9-25-45(44)54-31-36)42-22-6-4-19-39(42)40-20-5-7-23-43(40)49/h1-32H/b16-10?,28-11?,36-31-. The first kappa shape index (κ1) is 32.0. The van der Waals surface area contributed by atoms with Crippen molar-refractivity contribution in [1.29, 1.82) is 0 Å². The maximum absolute atomic E-state index is 4.98. The van der Waals surface area contributed by atoms with E-state index in [4.69, 9.17) is 9.97 Å². The summed E-state index contributed by atoms with van der Waals surface area (Å²) >= 11 is 1.77. The van der Waals surface area contributed by atoms with Gasteiger partial charge in [0.2, 0.25) is 0 Å². The highest BCUT2D eigenvalue weighted by Crippen LogP contribution is 2.55. The summed E-state index contributed by atoms with van der Waals surface area (Å²) in [5.74, 6) is 1.29. The van der Waals surface area contributed by atoms with Gasteiger partial charge in [0, 0.05) is 33.2 Å².